The van der Waals surface area contributed by atoms with Gasteiger partial charge in [0.25, 0.3) is 5.56 Å². The van der Waals surface area contributed by atoms with E-state index in [-0.39, 0.29) is 36.2 Å². The first-order chi connectivity index (χ1) is 16.3. The normalized spacial score (nSPS) is 10.9. The number of rotatable bonds is 6. The van der Waals surface area contributed by atoms with Crippen molar-refractivity contribution in [1.29, 1.82) is 0 Å². The van der Waals surface area contributed by atoms with Gasteiger partial charge in [0.15, 0.2) is 5.69 Å². The van der Waals surface area contributed by atoms with Crippen molar-refractivity contribution >= 4 is 23.2 Å². The predicted octanol–water partition coefficient (Wildman–Crippen LogP) is 2.54. The third-order valence-corrected chi connectivity index (χ3v) is 5.59. The molecule has 2 aromatic carbocycles. The molecule has 1 amide bonds. The van der Waals surface area contributed by atoms with Gasteiger partial charge in [0.1, 0.15) is 0 Å². The Balaban J connectivity index is 1.57. The molecule has 4 aromatic rings. The standard InChI is InChI=1S/C23H21ClN6O4/c1-14-8-10-15(11-9-14)30-23(33)29(3)22(32)20(26-30)21-25-18(34-27-21)12-13-19(31)28(2)17-7-5-4-6-16(17)24/h4-11H,12-13H2,1-3H3. The molecule has 10 nitrogen and oxygen atoms in total. The van der Waals surface area contributed by atoms with Crippen molar-refractivity contribution in [2.75, 3.05) is 11.9 Å². The van der Waals surface area contributed by atoms with E-state index in [0.29, 0.717) is 16.4 Å². The lowest BCUT2D eigenvalue weighted by atomic mass is 10.2. The summed E-state index contributed by atoms with van der Waals surface area (Å²) in [7, 11) is 2.98. The molecular weight excluding hydrogens is 460 g/mol. The van der Waals surface area contributed by atoms with Gasteiger partial charge in [-0.05, 0) is 31.2 Å². The fourth-order valence-electron chi connectivity index (χ4n) is 3.26. The zero-order valence-corrected chi connectivity index (χ0v) is 19.5. The lowest BCUT2D eigenvalue weighted by molar-refractivity contribution is -0.118. The minimum Gasteiger partial charge on any atom is -0.339 e. The molecule has 0 fully saturated rings. The zero-order valence-electron chi connectivity index (χ0n) is 18.7. The number of aryl methyl sites for hydroxylation is 2. The smallest absolute Gasteiger partial charge is 0.339 e. The number of nitrogens with zero attached hydrogens (tertiary/aromatic N) is 6. The van der Waals surface area contributed by atoms with Gasteiger partial charge in [-0.1, -0.05) is 46.6 Å². The molecule has 0 saturated carbocycles. The summed E-state index contributed by atoms with van der Waals surface area (Å²) in [6, 6.07) is 14.1. The summed E-state index contributed by atoms with van der Waals surface area (Å²) in [6.07, 6.45) is 0.232. The fourth-order valence-corrected chi connectivity index (χ4v) is 3.52. The molecule has 4 rings (SSSR count). The summed E-state index contributed by atoms with van der Waals surface area (Å²) in [6.45, 7) is 1.92. The van der Waals surface area contributed by atoms with Crippen molar-refractivity contribution < 1.29 is 9.32 Å². The van der Waals surface area contributed by atoms with Gasteiger partial charge in [-0.15, -0.1) is 0 Å². The summed E-state index contributed by atoms with van der Waals surface area (Å²) < 4.78 is 7.27. The number of aromatic nitrogens is 5. The summed E-state index contributed by atoms with van der Waals surface area (Å²) >= 11 is 6.16. The Hall–Kier alpha value is -4.05. The number of carbonyl (C=O) groups excluding carboxylic acids is 1. The van der Waals surface area contributed by atoms with E-state index in [9.17, 15) is 14.4 Å². The molecular formula is C23H21ClN6O4. The SMILES string of the molecule is Cc1ccc(-n2nc(-c3noc(CCC(=O)N(C)c4ccccc4Cl)n3)c(=O)n(C)c2=O)cc1. The third kappa shape index (κ3) is 4.53. The molecule has 0 atom stereocenters. The van der Waals surface area contributed by atoms with Crippen molar-refractivity contribution in [1.82, 2.24) is 24.5 Å². The van der Waals surface area contributed by atoms with Crippen LogP contribution in [0.5, 0.6) is 0 Å². The number of benzene rings is 2. The van der Waals surface area contributed by atoms with E-state index in [1.807, 2.05) is 19.1 Å². The van der Waals surface area contributed by atoms with Crippen LogP contribution in [0.2, 0.25) is 5.02 Å². The van der Waals surface area contributed by atoms with E-state index in [4.69, 9.17) is 16.1 Å². The topological polar surface area (TPSA) is 116 Å². The Morgan fingerprint density at radius 3 is 2.53 bits per heavy atom. The van der Waals surface area contributed by atoms with Crippen LogP contribution >= 0.6 is 11.6 Å². The molecule has 34 heavy (non-hydrogen) atoms. The zero-order chi connectivity index (χ0) is 24.4. The van der Waals surface area contributed by atoms with Crippen LogP contribution in [0.1, 0.15) is 17.9 Å². The molecule has 0 N–H and O–H groups in total. The lowest BCUT2D eigenvalue weighted by Crippen LogP contribution is -2.40. The van der Waals surface area contributed by atoms with E-state index in [1.54, 1.807) is 43.4 Å². The van der Waals surface area contributed by atoms with Crippen LogP contribution in [0.15, 0.2) is 62.6 Å². The second-order valence-electron chi connectivity index (χ2n) is 7.66. The summed E-state index contributed by atoms with van der Waals surface area (Å²) in [5.41, 5.74) is 0.692. The maximum atomic E-state index is 12.7. The van der Waals surface area contributed by atoms with Gasteiger partial charge in [-0.25, -0.2) is 4.79 Å². The predicted molar refractivity (Wildman–Crippen MR) is 126 cm³/mol. The summed E-state index contributed by atoms with van der Waals surface area (Å²) in [4.78, 5) is 43.5. The van der Waals surface area contributed by atoms with Crippen LogP contribution in [0.25, 0.3) is 17.2 Å². The second-order valence-corrected chi connectivity index (χ2v) is 8.07. The first kappa shape index (κ1) is 23.1. The van der Waals surface area contributed by atoms with Gasteiger partial charge in [0, 0.05) is 26.9 Å². The van der Waals surface area contributed by atoms with E-state index < -0.39 is 11.2 Å². The second kappa shape index (κ2) is 9.44. The van der Waals surface area contributed by atoms with E-state index in [0.717, 1.165) is 14.8 Å². The molecule has 0 aliphatic carbocycles. The monoisotopic (exact) mass is 480 g/mol. The maximum absolute atomic E-state index is 12.7. The molecule has 174 valence electrons. The van der Waals surface area contributed by atoms with E-state index >= 15 is 0 Å². The van der Waals surface area contributed by atoms with Crippen molar-refractivity contribution in [2.24, 2.45) is 7.05 Å². The van der Waals surface area contributed by atoms with Crippen LogP contribution in [-0.2, 0) is 18.3 Å². The fraction of sp³-hybridized carbons (Fsp3) is 0.217. The Morgan fingerprint density at radius 2 is 1.82 bits per heavy atom. The van der Waals surface area contributed by atoms with Crippen molar-refractivity contribution in [3.05, 3.63) is 85.8 Å². The van der Waals surface area contributed by atoms with Crippen molar-refractivity contribution in [3.8, 4) is 17.2 Å². The minimum atomic E-state index is -0.657. The minimum absolute atomic E-state index is 0.0663. The molecule has 0 aliphatic rings. The molecule has 0 spiro atoms. The van der Waals surface area contributed by atoms with Crippen LogP contribution in [0, 0.1) is 6.92 Å². The summed E-state index contributed by atoms with van der Waals surface area (Å²) in [5, 5.41) is 8.49. The van der Waals surface area contributed by atoms with Crippen molar-refractivity contribution in [2.45, 2.75) is 19.8 Å². The Kier molecular flexibility index (Phi) is 6.42. The number of para-hydroxylation sites is 1. The number of amides is 1. The first-order valence-corrected chi connectivity index (χ1v) is 10.8. The van der Waals surface area contributed by atoms with Gasteiger partial charge in [-0.3, -0.25) is 14.2 Å². The number of anilines is 1. The number of hydrogen-bond acceptors (Lipinski definition) is 7. The lowest BCUT2D eigenvalue weighted by Gasteiger charge is -2.18. The molecule has 11 heteroatoms. The Morgan fingerprint density at radius 1 is 1.12 bits per heavy atom. The molecule has 0 radical (unpaired) electrons. The Labute approximate surface area is 199 Å². The van der Waals surface area contributed by atoms with E-state index in [2.05, 4.69) is 15.2 Å². The van der Waals surface area contributed by atoms with Gasteiger partial charge < -0.3 is 9.42 Å². The van der Waals surface area contributed by atoms with Gasteiger partial charge in [0.2, 0.25) is 17.6 Å². The molecule has 0 aliphatic heterocycles. The molecule has 2 aromatic heterocycles. The number of hydrogen-bond donors (Lipinski definition) is 0. The van der Waals surface area contributed by atoms with Gasteiger partial charge in [-0.2, -0.15) is 14.8 Å². The van der Waals surface area contributed by atoms with Crippen LogP contribution in [0.4, 0.5) is 5.69 Å². The van der Waals surface area contributed by atoms with Gasteiger partial charge >= 0.3 is 5.69 Å². The highest BCUT2D eigenvalue weighted by molar-refractivity contribution is 6.33. The Bertz CT molecular complexity index is 1470. The summed E-state index contributed by atoms with van der Waals surface area (Å²) in [5.74, 6) is -0.106. The highest BCUT2D eigenvalue weighted by atomic mass is 35.5. The number of carbonyl (C=O) groups is 1. The maximum Gasteiger partial charge on any atom is 0.351 e. The quantitative estimate of drug-likeness (QED) is 0.416. The van der Waals surface area contributed by atoms with Crippen molar-refractivity contribution in [3.63, 3.8) is 0 Å². The van der Waals surface area contributed by atoms with Crippen LogP contribution < -0.4 is 16.1 Å². The molecule has 0 saturated heterocycles. The van der Waals surface area contributed by atoms with Crippen LogP contribution in [-0.4, -0.2) is 37.4 Å². The first-order valence-electron chi connectivity index (χ1n) is 10.4. The average molecular weight is 481 g/mol. The third-order valence-electron chi connectivity index (χ3n) is 5.27. The number of halogens is 1. The molecule has 0 unspecified atom stereocenters. The molecule has 2 heterocycles. The highest BCUT2D eigenvalue weighted by Crippen LogP contribution is 2.24. The van der Waals surface area contributed by atoms with E-state index in [1.165, 1.54) is 11.9 Å². The van der Waals surface area contributed by atoms with Gasteiger partial charge in [0.05, 0.1) is 16.4 Å². The highest BCUT2D eigenvalue weighted by Gasteiger charge is 2.20. The average Bonchev–Trinajstić information content (AvgIpc) is 3.30. The molecule has 0 bridgehead atoms. The largest absolute Gasteiger partial charge is 0.351 e. The van der Waals surface area contributed by atoms with Crippen LogP contribution in [0.3, 0.4) is 0 Å².